The van der Waals surface area contributed by atoms with Crippen LogP contribution in [0.15, 0.2) is 62.5 Å². The third-order valence-electron chi connectivity index (χ3n) is 5.81. The number of nitrogen functional groups attached to an aromatic ring is 1. The van der Waals surface area contributed by atoms with Crippen LogP contribution in [0.3, 0.4) is 0 Å². The Labute approximate surface area is 260 Å². The molecule has 0 atom stereocenters. The number of amidine groups is 1. The number of nitrogens with one attached hydrogen (secondary N) is 2. The number of thiophene rings is 1. The summed E-state index contributed by atoms with van der Waals surface area (Å²) in [5, 5.41) is 22.7. The molecule has 0 aliphatic heterocycles. The third-order valence-corrected chi connectivity index (χ3v) is 11.2. The molecule has 3 rings (SSSR count). The molecule has 0 saturated heterocycles. The Morgan fingerprint density at radius 1 is 1.07 bits per heavy atom. The molecule has 0 spiro atoms. The molecule has 0 amide bonds. The number of carboxylic acid groups (broad SMARTS) is 1. The molecule has 240 valence electrons. The van der Waals surface area contributed by atoms with Gasteiger partial charge in [0.2, 0.25) is 9.84 Å². The summed E-state index contributed by atoms with van der Waals surface area (Å²) in [6.07, 6.45) is -1.81. The number of guanidine groups is 1. The number of thioether (sulfide) groups is 1. The maximum absolute atomic E-state index is 13.5. The highest BCUT2D eigenvalue weighted by molar-refractivity contribution is 8.01. The van der Waals surface area contributed by atoms with E-state index in [-0.39, 0.29) is 33.9 Å². The van der Waals surface area contributed by atoms with Crippen molar-refractivity contribution in [1.82, 2.24) is 0 Å². The fraction of sp³-hybridized carbons (Fsp3) is 0.269. The first-order valence-corrected chi connectivity index (χ1v) is 17.8. The summed E-state index contributed by atoms with van der Waals surface area (Å²) in [5.41, 5.74) is 14.3. The van der Waals surface area contributed by atoms with Crippen molar-refractivity contribution in [3.05, 3.63) is 59.0 Å². The quantitative estimate of drug-likeness (QED) is 0.115. The van der Waals surface area contributed by atoms with Crippen molar-refractivity contribution in [3.63, 3.8) is 0 Å². The molecule has 0 aliphatic carbocycles. The highest BCUT2D eigenvalue weighted by Crippen LogP contribution is 2.38. The number of rotatable bonds is 10. The van der Waals surface area contributed by atoms with Crippen molar-refractivity contribution in [3.8, 4) is 11.1 Å². The fourth-order valence-corrected chi connectivity index (χ4v) is 8.35. The van der Waals surface area contributed by atoms with Gasteiger partial charge in [-0.3, -0.25) is 10.8 Å². The van der Waals surface area contributed by atoms with E-state index in [9.17, 15) is 30.0 Å². The third kappa shape index (κ3) is 9.70. The van der Waals surface area contributed by atoms with E-state index in [1.807, 2.05) is 25.1 Å². The van der Waals surface area contributed by atoms with E-state index in [0.717, 1.165) is 11.1 Å². The number of carbonyl (C=O) groups is 1. The number of sulfone groups is 2. The molecule has 7 N–H and O–H groups in total. The summed E-state index contributed by atoms with van der Waals surface area (Å²) in [6.45, 7) is 2.15. The number of hydrogen-bond acceptors (Lipinski definition) is 9. The summed E-state index contributed by atoms with van der Waals surface area (Å²) in [7, 11) is -6.98. The Morgan fingerprint density at radius 2 is 1.68 bits per heavy atom. The molecule has 1 heterocycles. The Morgan fingerprint density at radius 3 is 2.16 bits per heavy atom. The topological polar surface area (TPSA) is 209 Å². The van der Waals surface area contributed by atoms with Gasteiger partial charge in [0, 0.05) is 18.5 Å². The van der Waals surface area contributed by atoms with Crippen molar-refractivity contribution in [2.75, 3.05) is 29.7 Å². The lowest BCUT2D eigenvalue weighted by Gasteiger charge is -2.23. The van der Waals surface area contributed by atoms with Gasteiger partial charge in [0.15, 0.2) is 5.96 Å². The molecule has 3 aromatic rings. The summed E-state index contributed by atoms with van der Waals surface area (Å²) < 4.78 is 82.2. The van der Waals surface area contributed by atoms with E-state index in [1.54, 1.807) is 24.5 Å². The lowest BCUT2D eigenvalue weighted by Crippen LogP contribution is -2.37. The van der Waals surface area contributed by atoms with Crippen molar-refractivity contribution in [1.29, 1.82) is 10.8 Å². The summed E-state index contributed by atoms with van der Waals surface area (Å²) in [5.74, 6) is -3.14. The smallest absolute Gasteiger partial charge is 0.475 e. The van der Waals surface area contributed by atoms with Crippen LogP contribution in [0.5, 0.6) is 0 Å². The number of aliphatic carboxylic acids is 1. The first-order chi connectivity index (χ1) is 20.2. The predicted octanol–water partition coefficient (Wildman–Crippen LogP) is 4.33. The van der Waals surface area contributed by atoms with Crippen molar-refractivity contribution < 1.29 is 39.9 Å². The van der Waals surface area contributed by atoms with Crippen LogP contribution in [-0.2, 0) is 24.5 Å². The van der Waals surface area contributed by atoms with E-state index >= 15 is 0 Å². The summed E-state index contributed by atoms with van der Waals surface area (Å²) >= 11 is 2.47. The maximum Gasteiger partial charge on any atom is 0.490 e. The van der Waals surface area contributed by atoms with Crippen LogP contribution in [0.25, 0.3) is 11.1 Å². The van der Waals surface area contributed by atoms with Gasteiger partial charge in [-0.25, -0.2) is 21.6 Å². The number of aryl methyl sites for hydroxylation is 1. The van der Waals surface area contributed by atoms with E-state index in [2.05, 4.69) is 0 Å². The van der Waals surface area contributed by atoms with Gasteiger partial charge in [-0.05, 0) is 66.6 Å². The van der Waals surface area contributed by atoms with E-state index in [4.69, 9.17) is 32.2 Å². The maximum atomic E-state index is 13.5. The van der Waals surface area contributed by atoms with Gasteiger partial charge >= 0.3 is 12.1 Å². The zero-order valence-corrected chi connectivity index (χ0v) is 26.9. The van der Waals surface area contributed by atoms with Crippen LogP contribution in [0.1, 0.15) is 16.9 Å². The monoisotopic (exact) mass is 693 g/mol. The number of benzene rings is 2. The van der Waals surface area contributed by atoms with Crippen LogP contribution in [0.4, 0.5) is 18.9 Å². The van der Waals surface area contributed by atoms with Gasteiger partial charge in [0.05, 0.1) is 24.6 Å². The molecule has 18 heteroatoms. The summed E-state index contributed by atoms with van der Waals surface area (Å²) in [6, 6.07) is 13.5. The number of nitrogens with two attached hydrogens (primary N) is 2. The number of nitrogens with zero attached hydrogens (tertiary/aromatic N) is 1. The van der Waals surface area contributed by atoms with Crippen LogP contribution in [0, 0.1) is 17.7 Å². The van der Waals surface area contributed by atoms with Gasteiger partial charge in [0.1, 0.15) is 15.7 Å². The number of halogens is 3. The van der Waals surface area contributed by atoms with Gasteiger partial charge in [-0.15, -0.1) is 23.1 Å². The molecule has 1 aromatic heterocycles. The van der Waals surface area contributed by atoms with Crippen molar-refractivity contribution in [2.45, 2.75) is 33.5 Å². The minimum Gasteiger partial charge on any atom is -0.475 e. The van der Waals surface area contributed by atoms with E-state index < -0.39 is 31.8 Å². The Balaban J connectivity index is 0.000000860. The largest absolute Gasteiger partial charge is 0.490 e. The van der Waals surface area contributed by atoms with Gasteiger partial charge in [0.25, 0.3) is 0 Å². The zero-order valence-electron chi connectivity index (χ0n) is 23.6. The second-order valence-corrected chi connectivity index (χ2v) is 15.5. The first-order valence-electron chi connectivity index (χ1n) is 12.3. The Hall–Kier alpha value is -3.61. The molecular weight excluding hydrogens is 664 g/mol. The molecule has 2 aromatic carbocycles. The second kappa shape index (κ2) is 14.4. The van der Waals surface area contributed by atoms with E-state index in [0.29, 0.717) is 26.8 Å². The zero-order chi connectivity index (χ0) is 33.6. The Kier molecular flexibility index (Phi) is 12.0. The van der Waals surface area contributed by atoms with Gasteiger partial charge < -0.3 is 21.5 Å². The van der Waals surface area contributed by atoms with Crippen LogP contribution >= 0.6 is 23.1 Å². The SMILES string of the molecule is CSc1sc(C(=N)N)cc1S(=O)(=O)c1cccc(-c2ccc(N(CCCS(C)(=O)=O)C(=N)N)cc2C)c1.O=C(O)C(F)(F)F. The highest BCUT2D eigenvalue weighted by atomic mass is 32.2. The number of alkyl halides is 3. The minimum atomic E-state index is -5.08. The fourth-order valence-electron chi connectivity index (χ4n) is 3.79. The molecule has 0 radical (unpaired) electrons. The molecule has 0 saturated carbocycles. The normalized spacial score (nSPS) is 11.8. The summed E-state index contributed by atoms with van der Waals surface area (Å²) in [4.78, 5) is 11.1. The van der Waals surface area contributed by atoms with Crippen LogP contribution < -0.4 is 16.4 Å². The van der Waals surface area contributed by atoms with Crippen LogP contribution in [-0.4, -0.2) is 70.7 Å². The number of anilines is 1. The lowest BCUT2D eigenvalue weighted by molar-refractivity contribution is -0.192. The highest BCUT2D eigenvalue weighted by Gasteiger charge is 2.38. The first kappa shape index (κ1) is 36.6. The second-order valence-electron chi connectivity index (χ2n) is 9.23. The molecule has 11 nitrogen and oxygen atoms in total. The molecular formula is C26H30F3N5O6S4. The van der Waals surface area contributed by atoms with Crippen molar-refractivity contribution >= 4 is 66.2 Å². The Bertz CT molecular complexity index is 1770. The standard InChI is InChI=1S/C24H29N5O4S4.C2HF3O2/c1-15-12-17(29(24(27)28)10-5-11-36(3,30)31)8-9-19(15)16-6-4-7-18(13-16)37(32,33)21-14-20(22(25)26)35-23(21)34-2;3-2(4,5)1(6)7/h4,6-9,12-14H,5,10-11H2,1-3H3,(H3,25,26)(H3,27,28);(H,6,7). The minimum absolute atomic E-state index is 0.00853. The molecule has 0 fully saturated rings. The molecule has 0 aliphatic rings. The van der Waals surface area contributed by atoms with Gasteiger partial charge in [-0.2, -0.15) is 13.2 Å². The van der Waals surface area contributed by atoms with Crippen LogP contribution in [0.2, 0.25) is 0 Å². The number of carboxylic acids is 1. The number of hydrogen-bond donors (Lipinski definition) is 5. The predicted molar refractivity (Wildman–Crippen MR) is 166 cm³/mol. The van der Waals surface area contributed by atoms with Crippen molar-refractivity contribution in [2.24, 2.45) is 11.5 Å². The van der Waals surface area contributed by atoms with Gasteiger partial charge in [-0.1, -0.05) is 18.2 Å². The molecule has 44 heavy (non-hydrogen) atoms. The average Bonchev–Trinajstić information content (AvgIpc) is 3.36. The average molecular weight is 694 g/mol. The van der Waals surface area contributed by atoms with E-state index in [1.165, 1.54) is 46.4 Å². The lowest BCUT2D eigenvalue weighted by atomic mass is 10.00. The molecule has 0 bridgehead atoms. The molecule has 0 unspecified atom stereocenters.